The molecular weight excluding hydrogens is 214 g/mol. The zero-order valence-corrected chi connectivity index (χ0v) is 9.33. The Morgan fingerprint density at radius 3 is 2.53 bits per heavy atom. The Balaban J connectivity index is 2.74. The second kappa shape index (κ2) is 5.73. The first-order valence-corrected chi connectivity index (χ1v) is 5.07. The van der Waals surface area contributed by atoms with E-state index >= 15 is 0 Å². The van der Waals surface area contributed by atoms with E-state index in [0.29, 0.717) is 18.0 Å². The summed E-state index contributed by atoms with van der Waals surface area (Å²) in [6.07, 6.45) is 0.300. The van der Waals surface area contributed by atoms with Crippen LogP contribution in [0.5, 0.6) is 0 Å². The van der Waals surface area contributed by atoms with Crippen LogP contribution in [-0.2, 0) is 9.53 Å². The van der Waals surface area contributed by atoms with E-state index in [4.69, 9.17) is 17.3 Å². The van der Waals surface area contributed by atoms with Crippen LogP contribution in [0.2, 0.25) is 5.02 Å². The smallest absolute Gasteiger partial charge is 0.306 e. The molecular formula is C11H14ClNO2. The summed E-state index contributed by atoms with van der Waals surface area (Å²) in [7, 11) is 1.37. The van der Waals surface area contributed by atoms with Crippen molar-refractivity contribution >= 4 is 17.6 Å². The van der Waals surface area contributed by atoms with Crippen LogP contribution in [0.25, 0.3) is 0 Å². The van der Waals surface area contributed by atoms with Crippen LogP contribution in [0, 0.1) is 0 Å². The number of methoxy groups -OCH3 is 1. The molecule has 0 aliphatic carbocycles. The van der Waals surface area contributed by atoms with Gasteiger partial charge in [0.05, 0.1) is 13.5 Å². The normalized spacial score (nSPS) is 12.2. The lowest BCUT2D eigenvalue weighted by Crippen LogP contribution is -2.17. The van der Waals surface area contributed by atoms with Crippen molar-refractivity contribution in [3.63, 3.8) is 0 Å². The van der Waals surface area contributed by atoms with Gasteiger partial charge in [0.2, 0.25) is 0 Å². The van der Waals surface area contributed by atoms with E-state index in [1.54, 1.807) is 12.1 Å². The van der Waals surface area contributed by atoms with Gasteiger partial charge in [0.25, 0.3) is 0 Å². The summed E-state index contributed by atoms with van der Waals surface area (Å²) in [5, 5.41) is 0.674. The van der Waals surface area contributed by atoms with Gasteiger partial charge in [-0.15, -0.1) is 0 Å². The maximum absolute atomic E-state index is 11.1. The Morgan fingerprint density at radius 1 is 1.47 bits per heavy atom. The summed E-state index contributed by atoms with van der Waals surface area (Å²) < 4.78 is 4.61. The summed E-state index contributed by atoms with van der Waals surface area (Å²) in [4.78, 5) is 11.1. The van der Waals surface area contributed by atoms with Crippen molar-refractivity contribution in [2.75, 3.05) is 13.7 Å². The summed E-state index contributed by atoms with van der Waals surface area (Å²) in [6.45, 7) is 0.413. The van der Waals surface area contributed by atoms with Gasteiger partial charge in [-0.3, -0.25) is 4.79 Å². The summed E-state index contributed by atoms with van der Waals surface area (Å²) in [6, 6.07) is 7.33. The zero-order valence-electron chi connectivity index (χ0n) is 8.57. The molecule has 0 spiro atoms. The Bertz CT molecular complexity index is 324. The summed E-state index contributed by atoms with van der Waals surface area (Å²) >= 11 is 5.77. The third kappa shape index (κ3) is 3.53. The van der Waals surface area contributed by atoms with Crippen LogP contribution in [0.3, 0.4) is 0 Å². The molecule has 0 aliphatic rings. The van der Waals surface area contributed by atoms with Gasteiger partial charge in [0.15, 0.2) is 0 Å². The number of benzene rings is 1. The van der Waals surface area contributed by atoms with E-state index in [9.17, 15) is 4.79 Å². The highest BCUT2D eigenvalue weighted by Gasteiger charge is 2.14. The second-order valence-corrected chi connectivity index (χ2v) is 3.70. The van der Waals surface area contributed by atoms with Crippen LogP contribution in [0.15, 0.2) is 24.3 Å². The van der Waals surface area contributed by atoms with Crippen LogP contribution < -0.4 is 5.73 Å². The predicted molar refractivity (Wildman–Crippen MR) is 59.9 cm³/mol. The number of hydrogen-bond donors (Lipinski definition) is 1. The fourth-order valence-corrected chi connectivity index (χ4v) is 1.48. The number of esters is 1. The van der Waals surface area contributed by atoms with Gasteiger partial charge in [-0.05, 0) is 24.2 Å². The standard InChI is InChI=1S/C11H14ClNO2/c1-15-11(14)6-9(7-13)8-2-4-10(12)5-3-8/h2-5,9H,6-7,13H2,1H3/t9-/m0/s1. The van der Waals surface area contributed by atoms with E-state index in [0.717, 1.165) is 5.56 Å². The number of rotatable bonds is 4. The van der Waals surface area contributed by atoms with Gasteiger partial charge >= 0.3 is 5.97 Å². The fraction of sp³-hybridized carbons (Fsp3) is 0.364. The van der Waals surface area contributed by atoms with Gasteiger partial charge in [-0.1, -0.05) is 23.7 Å². The predicted octanol–water partition coefficient (Wildman–Crippen LogP) is 1.95. The van der Waals surface area contributed by atoms with Crippen molar-refractivity contribution in [2.24, 2.45) is 5.73 Å². The molecule has 15 heavy (non-hydrogen) atoms. The molecule has 0 aromatic heterocycles. The van der Waals surface area contributed by atoms with Crippen LogP contribution in [-0.4, -0.2) is 19.6 Å². The quantitative estimate of drug-likeness (QED) is 0.800. The number of halogens is 1. The average molecular weight is 228 g/mol. The van der Waals surface area contributed by atoms with E-state index in [-0.39, 0.29) is 11.9 Å². The molecule has 1 rings (SSSR count). The van der Waals surface area contributed by atoms with Crippen molar-refractivity contribution < 1.29 is 9.53 Å². The lowest BCUT2D eigenvalue weighted by molar-refractivity contribution is -0.141. The van der Waals surface area contributed by atoms with Crippen LogP contribution in [0.4, 0.5) is 0 Å². The van der Waals surface area contributed by atoms with Crippen molar-refractivity contribution in [3.05, 3.63) is 34.9 Å². The Kier molecular flexibility index (Phi) is 4.59. The molecule has 0 saturated heterocycles. The van der Waals surface area contributed by atoms with Gasteiger partial charge in [-0.25, -0.2) is 0 Å². The minimum Gasteiger partial charge on any atom is -0.469 e. The highest BCUT2D eigenvalue weighted by atomic mass is 35.5. The monoisotopic (exact) mass is 227 g/mol. The maximum Gasteiger partial charge on any atom is 0.306 e. The number of carbonyl (C=O) groups is 1. The maximum atomic E-state index is 11.1. The Morgan fingerprint density at radius 2 is 2.07 bits per heavy atom. The molecule has 4 heteroatoms. The Hall–Kier alpha value is -1.06. The van der Waals surface area contributed by atoms with Gasteiger partial charge in [0.1, 0.15) is 0 Å². The lowest BCUT2D eigenvalue weighted by Gasteiger charge is -2.13. The number of carbonyl (C=O) groups excluding carboxylic acids is 1. The molecule has 0 aliphatic heterocycles. The number of nitrogens with two attached hydrogens (primary N) is 1. The van der Waals surface area contributed by atoms with Crippen LogP contribution in [0.1, 0.15) is 17.9 Å². The Labute approximate surface area is 94.2 Å². The lowest BCUT2D eigenvalue weighted by atomic mass is 9.96. The molecule has 1 atom stereocenters. The molecule has 0 fully saturated rings. The van der Waals surface area contributed by atoms with Gasteiger partial charge in [0, 0.05) is 10.9 Å². The van der Waals surface area contributed by atoms with Gasteiger partial charge < -0.3 is 10.5 Å². The largest absolute Gasteiger partial charge is 0.469 e. The third-order valence-electron chi connectivity index (χ3n) is 2.27. The first-order chi connectivity index (χ1) is 7.17. The van der Waals surface area contributed by atoms with E-state index in [1.165, 1.54) is 7.11 Å². The van der Waals surface area contributed by atoms with Crippen molar-refractivity contribution in [2.45, 2.75) is 12.3 Å². The number of hydrogen-bond acceptors (Lipinski definition) is 3. The highest BCUT2D eigenvalue weighted by Crippen LogP contribution is 2.20. The molecule has 0 radical (unpaired) electrons. The zero-order chi connectivity index (χ0) is 11.3. The highest BCUT2D eigenvalue weighted by molar-refractivity contribution is 6.30. The molecule has 1 aromatic rings. The molecule has 0 unspecified atom stereocenters. The van der Waals surface area contributed by atoms with E-state index < -0.39 is 0 Å². The second-order valence-electron chi connectivity index (χ2n) is 3.26. The molecule has 1 aromatic carbocycles. The van der Waals surface area contributed by atoms with Gasteiger partial charge in [-0.2, -0.15) is 0 Å². The first kappa shape index (κ1) is 12.0. The van der Waals surface area contributed by atoms with Crippen molar-refractivity contribution in [1.82, 2.24) is 0 Å². The summed E-state index contributed by atoms with van der Waals surface area (Å²) in [5.41, 5.74) is 6.61. The minimum absolute atomic E-state index is 0.00489. The molecule has 0 amide bonds. The van der Waals surface area contributed by atoms with Crippen molar-refractivity contribution in [3.8, 4) is 0 Å². The molecule has 0 bridgehead atoms. The minimum atomic E-state index is -0.250. The molecule has 3 nitrogen and oxygen atoms in total. The average Bonchev–Trinajstić information content (AvgIpc) is 2.27. The van der Waals surface area contributed by atoms with Crippen LogP contribution >= 0.6 is 11.6 Å². The van der Waals surface area contributed by atoms with Crippen molar-refractivity contribution in [1.29, 1.82) is 0 Å². The summed E-state index contributed by atoms with van der Waals surface area (Å²) in [5.74, 6) is -0.255. The topological polar surface area (TPSA) is 52.3 Å². The molecule has 82 valence electrons. The molecule has 2 N–H and O–H groups in total. The van der Waals surface area contributed by atoms with E-state index in [2.05, 4.69) is 4.74 Å². The fourth-order valence-electron chi connectivity index (χ4n) is 1.36. The molecule has 0 saturated carbocycles. The first-order valence-electron chi connectivity index (χ1n) is 4.69. The third-order valence-corrected chi connectivity index (χ3v) is 2.52. The SMILES string of the molecule is COC(=O)C[C@@H](CN)c1ccc(Cl)cc1. The van der Waals surface area contributed by atoms with E-state index in [1.807, 2.05) is 12.1 Å². The molecule has 0 heterocycles. The number of ether oxygens (including phenoxy) is 1.